The topological polar surface area (TPSA) is 106 Å². The molecule has 36 heavy (non-hydrogen) atoms. The first-order valence-electron chi connectivity index (χ1n) is 12.0. The van der Waals surface area contributed by atoms with E-state index >= 15 is 0 Å². The molecule has 0 aliphatic heterocycles. The van der Waals surface area contributed by atoms with Crippen molar-refractivity contribution in [1.29, 1.82) is 0 Å². The van der Waals surface area contributed by atoms with Gasteiger partial charge in [-0.2, -0.15) is 0 Å². The van der Waals surface area contributed by atoms with Gasteiger partial charge in [0.25, 0.3) is 5.91 Å². The Bertz CT molecular complexity index is 994. The Morgan fingerprint density at radius 2 is 1.64 bits per heavy atom. The quantitative estimate of drug-likeness (QED) is 0.228. The molecule has 2 aromatic rings. The standard InChI is InChI=1S/C28H35N3O5/c1-3-5-18-26(32)30-24(28(34)31-23-15-9-10-17-25(23)35-20-4-2)16-11-12-19-29-27(33)21-36-22-13-7-6-8-14-22/h3-4,6-10,13-15,17,24H,1-2,5,11-12,16,18-21H2,(H,29,33)(H,30,32)(H,31,34)/t24-/m0/s1. The van der Waals surface area contributed by atoms with Crippen LogP contribution in [0, 0.1) is 0 Å². The first-order valence-corrected chi connectivity index (χ1v) is 12.0. The van der Waals surface area contributed by atoms with Crippen LogP contribution in [0.5, 0.6) is 11.5 Å². The number of nitrogens with one attached hydrogen (secondary N) is 3. The maximum absolute atomic E-state index is 13.0. The van der Waals surface area contributed by atoms with Crippen molar-refractivity contribution in [3.63, 3.8) is 0 Å². The number of carbonyl (C=O) groups excluding carboxylic acids is 3. The van der Waals surface area contributed by atoms with Gasteiger partial charge >= 0.3 is 0 Å². The average Bonchev–Trinajstić information content (AvgIpc) is 2.89. The summed E-state index contributed by atoms with van der Waals surface area (Å²) in [6.45, 7) is 7.94. The molecular formula is C28H35N3O5. The molecule has 8 nitrogen and oxygen atoms in total. The van der Waals surface area contributed by atoms with Gasteiger partial charge in [-0.3, -0.25) is 14.4 Å². The van der Waals surface area contributed by atoms with Gasteiger partial charge in [-0.05, 0) is 49.9 Å². The summed E-state index contributed by atoms with van der Waals surface area (Å²) < 4.78 is 11.0. The Balaban J connectivity index is 1.85. The molecule has 0 aliphatic rings. The van der Waals surface area contributed by atoms with E-state index in [9.17, 15) is 14.4 Å². The van der Waals surface area contributed by atoms with Crippen LogP contribution in [0.1, 0.15) is 32.1 Å². The minimum absolute atomic E-state index is 0.0677. The number of allylic oxidation sites excluding steroid dienone is 1. The van der Waals surface area contributed by atoms with Crippen molar-refractivity contribution in [2.24, 2.45) is 0 Å². The van der Waals surface area contributed by atoms with Gasteiger partial charge in [0.15, 0.2) is 6.61 Å². The van der Waals surface area contributed by atoms with E-state index in [2.05, 4.69) is 29.1 Å². The molecule has 0 aliphatic carbocycles. The Hall–Kier alpha value is -4.07. The smallest absolute Gasteiger partial charge is 0.257 e. The Morgan fingerprint density at radius 3 is 2.39 bits per heavy atom. The molecule has 0 aromatic heterocycles. The minimum Gasteiger partial charge on any atom is -0.487 e. The second-order valence-electron chi connectivity index (χ2n) is 7.98. The lowest BCUT2D eigenvalue weighted by atomic mass is 10.1. The summed E-state index contributed by atoms with van der Waals surface area (Å²) >= 11 is 0. The van der Waals surface area contributed by atoms with Crippen molar-refractivity contribution in [2.45, 2.75) is 38.1 Å². The second-order valence-corrected chi connectivity index (χ2v) is 7.98. The van der Waals surface area contributed by atoms with Crippen LogP contribution >= 0.6 is 0 Å². The van der Waals surface area contributed by atoms with Gasteiger partial charge in [-0.1, -0.05) is 49.1 Å². The second kappa shape index (κ2) is 16.5. The predicted octanol–water partition coefficient (Wildman–Crippen LogP) is 4.01. The molecule has 0 saturated carbocycles. The fourth-order valence-electron chi connectivity index (χ4n) is 3.25. The zero-order chi connectivity index (χ0) is 26.0. The van der Waals surface area contributed by atoms with Crippen LogP contribution in [-0.2, 0) is 14.4 Å². The summed E-state index contributed by atoms with van der Waals surface area (Å²) in [5.41, 5.74) is 0.514. The van der Waals surface area contributed by atoms with Crippen LogP contribution in [0.3, 0.4) is 0 Å². The van der Waals surface area contributed by atoms with Crippen LogP contribution in [-0.4, -0.2) is 43.5 Å². The molecule has 0 radical (unpaired) electrons. The van der Waals surface area contributed by atoms with Crippen molar-refractivity contribution in [3.05, 3.63) is 79.9 Å². The number of anilines is 1. The van der Waals surface area contributed by atoms with Crippen molar-refractivity contribution in [2.75, 3.05) is 25.1 Å². The van der Waals surface area contributed by atoms with Gasteiger partial charge in [-0.25, -0.2) is 0 Å². The zero-order valence-electron chi connectivity index (χ0n) is 20.5. The van der Waals surface area contributed by atoms with E-state index in [1.165, 1.54) is 0 Å². The lowest BCUT2D eigenvalue weighted by molar-refractivity contribution is -0.126. The first-order chi connectivity index (χ1) is 17.5. The molecule has 2 rings (SSSR count). The highest BCUT2D eigenvalue weighted by Gasteiger charge is 2.21. The highest BCUT2D eigenvalue weighted by molar-refractivity contribution is 5.98. The third-order valence-corrected chi connectivity index (χ3v) is 5.08. The largest absolute Gasteiger partial charge is 0.487 e. The lowest BCUT2D eigenvalue weighted by Gasteiger charge is -2.19. The van der Waals surface area contributed by atoms with Crippen molar-refractivity contribution < 1.29 is 23.9 Å². The van der Waals surface area contributed by atoms with Crippen molar-refractivity contribution in [3.8, 4) is 11.5 Å². The molecule has 0 unspecified atom stereocenters. The predicted molar refractivity (Wildman–Crippen MR) is 141 cm³/mol. The highest BCUT2D eigenvalue weighted by Crippen LogP contribution is 2.24. The molecular weight excluding hydrogens is 458 g/mol. The number of carbonyl (C=O) groups is 3. The summed E-state index contributed by atoms with van der Waals surface area (Å²) in [5, 5.41) is 8.47. The number of para-hydroxylation sites is 3. The summed E-state index contributed by atoms with van der Waals surface area (Å²) in [4.78, 5) is 37.3. The molecule has 1 atom stereocenters. The van der Waals surface area contributed by atoms with Crippen LogP contribution in [0.25, 0.3) is 0 Å². The Labute approximate surface area is 212 Å². The molecule has 3 amide bonds. The number of ether oxygens (including phenoxy) is 2. The van der Waals surface area contributed by atoms with Gasteiger partial charge in [0.2, 0.25) is 11.8 Å². The van der Waals surface area contributed by atoms with Gasteiger partial charge in [0.05, 0.1) is 5.69 Å². The SMILES string of the molecule is C=CCCC(=O)N[C@@H](CCCCNC(=O)COc1ccccc1)C(=O)Nc1ccccc1OCC=C. The Kier molecular flexibility index (Phi) is 12.9. The molecule has 0 bridgehead atoms. The van der Waals surface area contributed by atoms with E-state index in [0.717, 1.165) is 0 Å². The molecule has 0 fully saturated rings. The van der Waals surface area contributed by atoms with Crippen molar-refractivity contribution in [1.82, 2.24) is 10.6 Å². The molecule has 0 saturated heterocycles. The third kappa shape index (κ3) is 10.9. The van der Waals surface area contributed by atoms with Gasteiger partial charge in [0.1, 0.15) is 24.1 Å². The summed E-state index contributed by atoms with van der Waals surface area (Å²) in [6.07, 6.45) is 5.73. The molecule has 192 valence electrons. The van der Waals surface area contributed by atoms with Gasteiger partial charge in [-0.15, -0.1) is 6.58 Å². The summed E-state index contributed by atoms with van der Waals surface area (Å²) in [5.74, 6) is 0.365. The molecule has 0 spiro atoms. The minimum atomic E-state index is -0.730. The number of rotatable bonds is 17. The van der Waals surface area contributed by atoms with Crippen molar-refractivity contribution >= 4 is 23.4 Å². The Morgan fingerprint density at radius 1 is 0.889 bits per heavy atom. The van der Waals surface area contributed by atoms with Gasteiger partial charge < -0.3 is 25.4 Å². The average molecular weight is 494 g/mol. The normalized spacial score (nSPS) is 11.0. The van der Waals surface area contributed by atoms with E-state index in [4.69, 9.17) is 9.47 Å². The van der Waals surface area contributed by atoms with Gasteiger partial charge in [0, 0.05) is 13.0 Å². The fourth-order valence-corrected chi connectivity index (χ4v) is 3.25. The third-order valence-electron chi connectivity index (χ3n) is 5.08. The van der Waals surface area contributed by atoms with E-state index in [1.54, 1.807) is 42.5 Å². The monoisotopic (exact) mass is 493 g/mol. The summed E-state index contributed by atoms with van der Waals surface area (Å²) in [7, 11) is 0. The van der Waals surface area contributed by atoms with Crippen LogP contribution in [0.15, 0.2) is 79.9 Å². The molecule has 2 aromatic carbocycles. The van der Waals surface area contributed by atoms with E-state index in [0.29, 0.717) is 56.0 Å². The lowest BCUT2D eigenvalue weighted by Crippen LogP contribution is -2.43. The molecule has 8 heteroatoms. The number of amides is 3. The maximum atomic E-state index is 13.0. The summed E-state index contributed by atoms with van der Waals surface area (Å²) in [6, 6.07) is 15.5. The van der Waals surface area contributed by atoms with Crippen LogP contribution in [0.4, 0.5) is 5.69 Å². The zero-order valence-corrected chi connectivity index (χ0v) is 20.5. The highest BCUT2D eigenvalue weighted by atomic mass is 16.5. The maximum Gasteiger partial charge on any atom is 0.257 e. The first kappa shape index (κ1) is 28.2. The van der Waals surface area contributed by atoms with Crippen LogP contribution < -0.4 is 25.4 Å². The molecule has 3 N–H and O–H groups in total. The van der Waals surface area contributed by atoms with Crippen LogP contribution in [0.2, 0.25) is 0 Å². The number of hydrogen-bond donors (Lipinski definition) is 3. The number of hydrogen-bond acceptors (Lipinski definition) is 5. The number of unbranched alkanes of at least 4 members (excludes halogenated alkanes) is 1. The van der Waals surface area contributed by atoms with E-state index in [1.807, 2.05) is 24.3 Å². The van der Waals surface area contributed by atoms with E-state index < -0.39 is 6.04 Å². The fraction of sp³-hybridized carbons (Fsp3) is 0.321. The molecule has 0 heterocycles. The van der Waals surface area contributed by atoms with E-state index in [-0.39, 0.29) is 30.7 Å². The number of benzene rings is 2.